The van der Waals surface area contributed by atoms with Crippen molar-refractivity contribution in [1.29, 1.82) is 0 Å². The van der Waals surface area contributed by atoms with E-state index in [0.29, 0.717) is 33.5 Å². The van der Waals surface area contributed by atoms with E-state index in [4.69, 9.17) is 11.6 Å². The van der Waals surface area contributed by atoms with Crippen LogP contribution in [-0.4, -0.2) is 35.4 Å². The summed E-state index contributed by atoms with van der Waals surface area (Å²) in [6.07, 6.45) is -2.13. The van der Waals surface area contributed by atoms with E-state index >= 15 is 0 Å². The highest BCUT2D eigenvalue weighted by Gasteiger charge is 2.30. The van der Waals surface area contributed by atoms with Gasteiger partial charge in [-0.3, -0.25) is 9.59 Å². The van der Waals surface area contributed by atoms with E-state index < -0.39 is 11.7 Å². The predicted octanol–water partition coefficient (Wildman–Crippen LogP) is 7.37. The monoisotopic (exact) mass is 582 g/mol. The fourth-order valence-electron chi connectivity index (χ4n) is 5.10. The summed E-state index contributed by atoms with van der Waals surface area (Å²) < 4.78 is 41.0. The number of nitrogens with one attached hydrogen (secondary N) is 2. The number of carbonyl (C=O) groups is 2. The SMILES string of the molecule is CC1CCN(c2ccc(NC(=O)c3cc4cc(NC(=O)CCl)ccc4n3Cc3ccc(C(F)(F)F)cc3)cc2)CC1. The average molecular weight is 583 g/mol. The maximum absolute atomic E-state index is 13.5. The summed E-state index contributed by atoms with van der Waals surface area (Å²) in [6, 6.07) is 19.5. The van der Waals surface area contributed by atoms with E-state index in [-0.39, 0.29) is 24.2 Å². The molecule has 0 atom stereocenters. The van der Waals surface area contributed by atoms with Gasteiger partial charge in [0.1, 0.15) is 11.6 Å². The van der Waals surface area contributed by atoms with Gasteiger partial charge in [0.25, 0.3) is 5.91 Å². The molecule has 0 radical (unpaired) electrons. The number of fused-ring (bicyclic) bond motifs is 1. The molecule has 0 bridgehead atoms. The molecule has 6 nitrogen and oxygen atoms in total. The number of aromatic nitrogens is 1. The van der Waals surface area contributed by atoms with Gasteiger partial charge in [-0.25, -0.2) is 0 Å². The fourth-order valence-corrected chi connectivity index (χ4v) is 5.17. The first-order chi connectivity index (χ1) is 19.6. The van der Waals surface area contributed by atoms with Crippen molar-refractivity contribution in [3.05, 3.63) is 89.6 Å². The molecule has 3 aromatic carbocycles. The number of nitrogens with zero attached hydrogens (tertiary/aromatic N) is 2. The van der Waals surface area contributed by atoms with E-state index in [9.17, 15) is 22.8 Å². The Bertz CT molecular complexity index is 1540. The third-order valence-electron chi connectivity index (χ3n) is 7.44. The van der Waals surface area contributed by atoms with Crippen LogP contribution in [0.25, 0.3) is 10.9 Å². The Balaban J connectivity index is 1.42. The molecule has 10 heteroatoms. The number of hydrogen-bond donors (Lipinski definition) is 2. The Hall–Kier alpha value is -3.98. The molecule has 214 valence electrons. The van der Waals surface area contributed by atoms with Crippen LogP contribution < -0.4 is 15.5 Å². The summed E-state index contributed by atoms with van der Waals surface area (Å²) in [7, 11) is 0. The van der Waals surface area contributed by atoms with Gasteiger partial charge in [-0.15, -0.1) is 11.6 Å². The lowest BCUT2D eigenvalue weighted by atomic mass is 9.99. The van der Waals surface area contributed by atoms with E-state index in [2.05, 4.69) is 22.5 Å². The Kier molecular flexibility index (Phi) is 8.26. The Morgan fingerprint density at radius 1 is 0.902 bits per heavy atom. The topological polar surface area (TPSA) is 66.4 Å². The minimum Gasteiger partial charge on any atom is -0.372 e. The zero-order chi connectivity index (χ0) is 29.1. The fraction of sp³-hybridized carbons (Fsp3) is 0.290. The van der Waals surface area contributed by atoms with Crippen LogP contribution in [0.1, 0.15) is 41.4 Å². The minimum absolute atomic E-state index is 0.171. The molecule has 1 aliphatic heterocycles. The predicted molar refractivity (Wildman–Crippen MR) is 157 cm³/mol. The van der Waals surface area contributed by atoms with Crippen LogP contribution in [0.15, 0.2) is 72.8 Å². The molecule has 2 heterocycles. The van der Waals surface area contributed by atoms with Crippen LogP contribution in [-0.2, 0) is 17.5 Å². The van der Waals surface area contributed by atoms with Crippen molar-refractivity contribution in [3.63, 3.8) is 0 Å². The number of alkyl halides is 4. The second kappa shape index (κ2) is 11.9. The van der Waals surface area contributed by atoms with Gasteiger partial charge >= 0.3 is 6.18 Å². The average Bonchev–Trinajstić information content (AvgIpc) is 3.31. The van der Waals surface area contributed by atoms with Gasteiger partial charge in [-0.2, -0.15) is 13.2 Å². The largest absolute Gasteiger partial charge is 0.416 e. The zero-order valence-corrected chi connectivity index (χ0v) is 23.2. The zero-order valence-electron chi connectivity index (χ0n) is 22.5. The molecule has 1 fully saturated rings. The lowest BCUT2D eigenvalue weighted by Crippen LogP contribution is -2.32. The third kappa shape index (κ3) is 6.68. The first-order valence-corrected chi connectivity index (χ1v) is 14.0. The standard InChI is InChI=1S/C31H30ClF3N4O2/c1-20-12-14-38(15-13-20)26-9-6-24(7-10-26)37-30(41)28-17-22-16-25(36-29(40)18-32)8-11-27(22)39(28)19-21-2-4-23(5-3-21)31(33,34)35/h2-11,16-17,20H,12-15,18-19H2,1H3,(H,36,40)(H,37,41). The minimum atomic E-state index is -4.43. The Labute approximate surface area is 241 Å². The molecular weight excluding hydrogens is 553 g/mol. The van der Waals surface area contributed by atoms with Crippen LogP contribution in [0.5, 0.6) is 0 Å². The molecule has 1 aliphatic rings. The quantitative estimate of drug-likeness (QED) is 0.224. The van der Waals surface area contributed by atoms with Crippen LogP contribution in [0.4, 0.5) is 30.2 Å². The van der Waals surface area contributed by atoms with E-state index in [1.807, 2.05) is 24.3 Å². The van der Waals surface area contributed by atoms with E-state index in [0.717, 1.165) is 49.7 Å². The lowest BCUT2D eigenvalue weighted by Gasteiger charge is -2.32. The van der Waals surface area contributed by atoms with Gasteiger partial charge in [-0.05, 0) is 85.0 Å². The van der Waals surface area contributed by atoms with Gasteiger partial charge in [0, 0.05) is 47.6 Å². The first kappa shape index (κ1) is 28.5. The number of piperidine rings is 1. The molecule has 0 spiro atoms. The van der Waals surface area contributed by atoms with Gasteiger partial charge in [0.2, 0.25) is 5.91 Å². The normalized spacial score (nSPS) is 14.3. The van der Waals surface area contributed by atoms with Gasteiger partial charge in [0.05, 0.1) is 5.56 Å². The molecule has 41 heavy (non-hydrogen) atoms. The summed E-state index contributed by atoms with van der Waals surface area (Å²) in [5.41, 5.74) is 3.14. The number of anilines is 3. The number of hydrogen-bond acceptors (Lipinski definition) is 3. The summed E-state index contributed by atoms with van der Waals surface area (Å²) in [5.74, 6) is -0.197. The van der Waals surface area contributed by atoms with Crippen LogP contribution in [0.3, 0.4) is 0 Å². The van der Waals surface area contributed by atoms with E-state index in [1.54, 1.807) is 28.8 Å². The molecule has 2 amide bonds. The van der Waals surface area contributed by atoms with Gasteiger partial charge < -0.3 is 20.1 Å². The number of benzene rings is 3. The number of rotatable bonds is 7. The second-order valence-corrected chi connectivity index (χ2v) is 10.7. The van der Waals surface area contributed by atoms with E-state index in [1.165, 1.54) is 12.1 Å². The van der Waals surface area contributed by atoms with Crippen LogP contribution in [0.2, 0.25) is 0 Å². The molecule has 0 unspecified atom stereocenters. The van der Waals surface area contributed by atoms with Crippen molar-refractivity contribution in [2.24, 2.45) is 5.92 Å². The van der Waals surface area contributed by atoms with Crippen LogP contribution >= 0.6 is 11.6 Å². The summed E-state index contributed by atoms with van der Waals surface area (Å²) in [5, 5.41) is 6.33. The molecule has 0 saturated carbocycles. The Morgan fingerprint density at radius 3 is 2.20 bits per heavy atom. The molecule has 0 aliphatic carbocycles. The van der Waals surface area contributed by atoms with Crippen molar-refractivity contribution < 1.29 is 22.8 Å². The van der Waals surface area contributed by atoms with Crippen molar-refractivity contribution >= 4 is 51.4 Å². The molecule has 1 saturated heterocycles. The maximum Gasteiger partial charge on any atom is 0.416 e. The number of halogens is 4. The number of amides is 2. The van der Waals surface area contributed by atoms with Crippen molar-refractivity contribution in [3.8, 4) is 0 Å². The maximum atomic E-state index is 13.5. The molecule has 4 aromatic rings. The molecular formula is C31H30ClF3N4O2. The summed E-state index contributed by atoms with van der Waals surface area (Å²) in [6.45, 7) is 4.45. The first-order valence-electron chi connectivity index (χ1n) is 13.4. The molecule has 5 rings (SSSR count). The number of carbonyl (C=O) groups excluding carboxylic acids is 2. The summed E-state index contributed by atoms with van der Waals surface area (Å²) >= 11 is 5.61. The van der Waals surface area contributed by atoms with Gasteiger partial charge in [0.15, 0.2) is 0 Å². The highest BCUT2D eigenvalue weighted by Crippen LogP contribution is 2.31. The summed E-state index contributed by atoms with van der Waals surface area (Å²) in [4.78, 5) is 27.7. The lowest BCUT2D eigenvalue weighted by molar-refractivity contribution is -0.137. The highest BCUT2D eigenvalue weighted by molar-refractivity contribution is 6.29. The Morgan fingerprint density at radius 2 is 1.56 bits per heavy atom. The van der Waals surface area contributed by atoms with Crippen molar-refractivity contribution in [1.82, 2.24) is 4.57 Å². The van der Waals surface area contributed by atoms with Crippen LogP contribution in [0, 0.1) is 5.92 Å². The molecule has 2 N–H and O–H groups in total. The smallest absolute Gasteiger partial charge is 0.372 e. The molecule has 1 aromatic heterocycles. The van der Waals surface area contributed by atoms with Crippen molar-refractivity contribution in [2.45, 2.75) is 32.5 Å². The van der Waals surface area contributed by atoms with Gasteiger partial charge in [-0.1, -0.05) is 19.1 Å². The third-order valence-corrected chi connectivity index (χ3v) is 7.68. The highest BCUT2D eigenvalue weighted by atomic mass is 35.5. The van der Waals surface area contributed by atoms with Crippen molar-refractivity contribution in [2.75, 3.05) is 34.5 Å². The second-order valence-electron chi connectivity index (χ2n) is 10.4.